The number of aryl methyl sites for hydroxylation is 2. The first-order valence-corrected chi connectivity index (χ1v) is 4.06. The molecule has 0 saturated heterocycles. The van der Waals surface area contributed by atoms with Crippen molar-refractivity contribution in [2.75, 3.05) is 0 Å². The van der Waals surface area contributed by atoms with E-state index in [1.54, 1.807) is 0 Å². The van der Waals surface area contributed by atoms with Crippen LogP contribution in [0.25, 0.3) is 0 Å². The van der Waals surface area contributed by atoms with Gasteiger partial charge in [0.2, 0.25) is 0 Å². The van der Waals surface area contributed by atoms with Crippen molar-refractivity contribution in [2.24, 2.45) is 0 Å². The second kappa shape index (κ2) is 3.52. The van der Waals surface area contributed by atoms with E-state index in [1.807, 2.05) is 0 Å². The fourth-order valence-corrected chi connectivity index (χ4v) is 1.42. The summed E-state index contributed by atoms with van der Waals surface area (Å²) < 4.78 is 37.4. The molecule has 0 N–H and O–H groups in total. The summed E-state index contributed by atoms with van der Waals surface area (Å²) >= 11 is 0. The second-order valence-corrected chi connectivity index (χ2v) is 3.23. The van der Waals surface area contributed by atoms with E-state index in [1.165, 1.54) is 19.9 Å². The van der Waals surface area contributed by atoms with Crippen LogP contribution in [0.3, 0.4) is 0 Å². The lowest BCUT2D eigenvalue weighted by Gasteiger charge is -2.10. The van der Waals surface area contributed by atoms with Crippen molar-refractivity contribution in [3.63, 3.8) is 0 Å². The molecule has 0 aliphatic carbocycles. The maximum absolute atomic E-state index is 12.5. The number of alkyl halides is 3. The Morgan fingerprint density at radius 2 is 1.80 bits per heavy atom. The summed E-state index contributed by atoms with van der Waals surface area (Å²) in [6.07, 6.45) is -4.70. The van der Waals surface area contributed by atoms with E-state index in [0.29, 0.717) is 5.56 Å². The highest BCUT2D eigenvalue weighted by Gasteiger charge is 2.39. The van der Waals surface area contributed by atoms with Gasteiger partial charge in [0, 0.05) is 5.56 Å². The van der Waals surface area contributed by atoms with Crippen molar-refractivity contribution in [1.29, 1.82) is 0 Å². The SMILES string of the molecule is Cc1cc(C)c([N+](=O)[O-])c(C(F)(F)F)c1. The van der Waals surface area contributed by atoms with Crippen molar-refractivity contribution in [3.05, 3.63) is 38.9 Å². The first-order valence-electron chi connectivity index (χ1n) is 4.06. The molecule has 0 radical (unpaired) electrons. The van der Waals surface area contributed by atoms with E-state index >= 15 is 0 Å². The van der Waals surface area contributed by atoms with E-state index in [-0.39, 0.29) is 5.56 Å². The van der Waals surface area contributed by atoms with Crippen LogP contribution in [0, 0.1) is 24.0 Å². The maximum atomic E-state index is 12.5. The summed E-state index contributed by atoms with van der Waals surface area (Å²) in [5.74, 6) is 0. The third-order valence-corrected chi connectivity index (χ3v) is 1.93. The Balaban J connectivity index is 3.54. The molecule has 3 nitrogen and oxygen atoms in total. The van der Waals surface area contributed by atoms with E-state index in [4.69, 9.17) is 0 Å². The molecule has 82 valence electrons. The number of hydrogen-bond donors (Lipinski definition) is 0. The van der Waals surface area contributed by atoms with E-state index in [9.17, 15) is 23.3 Å². The Hall–Kier alpha value is -1.59. The van der Waals surface area contributed by atoms with E-state index in [2.05, 4.69) is 0 Å². The molecule has 6 heteroatoms. The third kappa shape index (κ3) is 2.26. The fourth-order valence-electron chi connectivity index (χ4n) is 1.42. The Labute approximate surface area is 83.7 Å². The lowest BCUT2D eigenvalue weighted by Crippen LogP contribution is -2.10. The molecular weight excluding hydrogens is 211 g/mol. The van der Waals surface area contributed by atoms with E-state index < -0.39 is 22.4 Å². The van der Waals surface area contributed by atoms with Gasteiger partial charge in [0.1, 0.15) is 5.56 Å². The zero-order valence-electron chi connectivity index (χ0n) is 8.05. The molecule has 0 saturated carbocycles. The zero-order valence-corrected chi connectivity index (χ0v) is 8.05. The molecular formula is C9H8F3NO2. The van der Waals surface area contributed by atoms with Crippen LogP contribution in [0.15, 0.2) is 12.1 Å². The number of rotatable bonds is 1. The Morgan fingerprint density at radius 1 is 1.27 bits per heavy atom. The number of hydrogen-bond acceptors (Lipinski definition) is 2. The van der Waals surface area contributed by atoms with Gasteiger partial charge in [0.25, 0.3) is 5.69 Å². The molecule has 0 aliphatic heterocycles. The van der Waals surface area contributed by atoms with Gasteiger partial charge in [-0.3, -0.25) is 10.1 Å². The molecule has 1 rings (SSSR count). The average Bonchev–Trinajstić information content (AvgIpc) is 1.99. The van der Waals surface area contributed by atoms with Crippen molar-refractivity contribution >= 4 is 5.69 Å². The first kappa shape index (κ1) is 11.5. The van der Waals surface area contributed by atoms with Crippen molar-refractivity contribution in [2.45, 2.75) is 20.0 Å². The molecule has 0 spiro atoms. The highest BCUT2D eigenvalue weighted by Crippen LogP contribution is 2.38. The Bertz CT molecular complexity index is 413. The molecule has 0 aliphatic rings. The summed E-state index contributed by atoms with van der Waals surface area (Å²) in [7, 11) is 0. The van der Waals surface area contributed by atoms with Gasteiger partial charge in [-0.15, -0.1) is 0 Å². The minimum Gasteiger partial charge on any atom is -0.258 e. The summed E-state index contributed by atoms with van der Waals surface area (Å²) in [6.45, 7) is 2.76. The molecule has 0 aromatic heterocycles. The number of nitro benzene ring substituents is 1. The number of halogens is 3. The minimum absolute atomic E-state index is 0.0207. The molecule has 1 aromatic rings. The first-order chi connectivity index (χ1) is 6.73. The predicted molar refractivity (Wildman–Crippen MR) is 47.6 cm³/mol. The largest absolute Gasteiger partial charge is 0.423 e. The average molecular weight is 219 g/mol. The molecule has 0 amide bonds. The number of nitro groups is 1. The Kier molecular flexibility index (Phi) is 2.70. The van der Waals surface area contributed by atoms with Crippen LogP contribution in [0.5, 0.6) is 0 Å². The summed E-state index contributed by atoms with van der Waals surface area (Å²) in [5, 5.41) is 10.5. The molecule has 0 atom stereocenters. The van der Waals surface area contributed by atoms with Crippen molar-refractivity contribution < 1.29 is 18.1 Å². The molecule has 15 heavy (non-hydrogen) atoms. The van der Waals surface area contributed by atoms with Crippen LogP contribution in [-0.4, -0.2) is 4.92 Å². The van der Waals surface area contributed by atoms with Crippen molar-refractivity contribution in [3.8, 4) is 0 Å². The monoisotopic (exact) mass is 219 g/mol. The number of nitrogens with zero attached hydrogens (tertiary/aromatic N) is 1. The van der Waals surface area contributed by atoms with E-state index in [0.717, 1.165) is 6.07 Å². The molecule has 0 heterocycles. The minimum atomic E-state index is -4.70. The highest BCUT2D eigenvalue weighted by molar-refractivity contribution is 5.50. The quantitative estimate of drug-likeness (QED) is 0.537. The van der Waals surface area contributed by atoms with Gasteiger partial charge in [-0.1, -0.05) is 0 Å². The fraction of sp³-hybridized carbons (Fsp3) is 0.333. The zero-order chi connectivity index (χ0) is 11.8. The van der Waals surface area contributed by atoms with Crippen LogP contribution in [-0.2, 0) is 6.18 Å². The van der Waals surface area contributed by atoms with Crippen LogP contribution in [0.4, 0.5) is 18.9 Å². The third-order valence-electron chi connectivity index (χ3n) is 1.93. The summed E-state index contributed by atoms with van der Waals surface area (Å²) in [6, 6.07) is 2.14. The van der Waals surface area contributed by atoms with Gasteiger partial charge in [0.15, 0.2) is 0 Å². The molecule has 0 fully saturated rings. The molecule has 1 aromatic carbocycles. The van der Waals surface area contributed by atoms with Gasteiger partial charge in [-0.2, -0.15) is 13.2 Å². The maximum Gasteiger partial charge on any atom is 0.423 e. The summed E-state index contributed by atoms with van der Waals surface area (Å²) in [4.78, 5) is 9.50. The molecule has 0 unspecified atom stereocenters. The smallest absolute Gasteiger partial charge is 0.258 e. The van der Waals surface area contributed by atoms with Gasteiger partial charge in [-0.25, -0.2) is 0 Å². The van der Waals surface area contributed by atoms with Crippen LogP contribution in [0.2, 0.25) is 0 Å². The normalized spacial score (nSPS) is 11.5. The topological polar surface area (TPSA) is 43.1 Å². The Morgan fingerprint density at radius 3 is 2.20 bits per heavy atom. The van der Waals surface area contributed by atoms with Crippen LogP contribution < -0.4 is 0 Å². The number of benzene rings is 1. The van der Waals surface area contributed by atoms with Gasteiger partial charge < -0.3 is 0 Å². The predicted octanol–water partition coefficient (Wildman–Crippen LogP) is 3.23. The lowest BCUT2D eigenvalue weighted by atomic mass is 10.0. The summed E-state index contributed by atoms with van der Waals surface area (Å²) in [5.41, 5.74) is -1.68. The van der Waals surface area contributed by atoms with Gasteiger partial charge in [0.05, 0.1) is 4.92 Å². The van der Waals surface area contributed by atoms with Crippen molar-refractivity contribution in [1.82, 2.24) is 0 Å². The van der Waals surface area contributed by atoms with Gasteiger partial charge in [-0.05, 0) is 31.5 Å². The van der Waals surface area contributed by atoms with Crippen LogP contribution >= 0.6 is 0 Å². The van der Waals surface area contributed by atoms with Gasteiger partial charge >= 0.3 is 6.18 Å². The standard InChI is InChI=1S/C9H8F3NO2/c1-5-3-6(2)8(13(14)15)7(4-5)9(10,11)12/h3-4H,1-2H3. The second-order valence-electron chi connectivity index (χ2n) is 3.23. The van der Waals surface area contributed by atoms with Crippen LogP contribution in [0.1, 0.15) is 16.7 Å². The molecule has 0 bridgehead atoms. The highest BCUT2D eigenvalue weighted by atomic mass is 19.4. The lowest BCUT2D eigenvalue weighted by molar-refractivity contribution is -0.388.